The molecule has 1 unspecified atom stereocenters. The Morgan fingerprint density at radius 2 is 1.52 bits per heavy atom. The van der Waals surface area contributed by atoms with Crippen LogP contribution in [-0.4, -0.2) is 0 Å². The zero-order chi connectivity index (χ0) is 17.9. The van der Waals surface area contributed by atoms with Crippen molar-refractivity contribution < 1.29 is 0 Å². The van der Waals surface area contributed by atoms with E-state index in [-0.39, 0.29) is 0 Å². The molecule has 1 N–H and O–H groups in total. The lowest BCUT2D eigenvalue weighted by Gasteiger charge is -2.23. The van der Waals surface area contributed by atoms with Gasteiger partial charge in [-0.2, -0.15) is 0 Å². The van der Waals surface area contributed by atoms with Crippen LogP contribution in [0, 0.1) is 11.3 Å². The Kier molecular flexibility index (Phi) is 5.13. The molecule has 1 atom stereocenters. The second kappa shape index (κ2) is 7.31. The highest BCUT2D eigenvalue weighted by Crippen LogP contribution is 2.28. The number of nitrogens with one attached hydrogen (secondary N) is 1. The summed E-state index contributed by atoms with van der Waals surface area (Å²) in [5.41, 5.74) is 4.12. The van der Waals surface area contributed by atoms with E-state index in [2.05, 4.69) is 99.7 Å². The van der Waals surface area contributed by atoms with Crippen LogP contribution in [0.3, 0.4) is 0 Å². The van der Waals surface area contributed by atoms with E-state index in [9.17, 15) is 0 Å². The van der Waals surface area contributed by atoms with E-state index >= 15 is 0 Å². The minimum atomic E-state index is 0.398. The monoisotopic (exact) mass is 331 g/mol. The molecular weight excluding hydrogens is 302 g/mol. The topological polar surface area (TPSA) is 12.0 Å². The van der Waals surface area contributed by atoms with Crippen molar-refractivity contribution in [3.05, 3.63) is 72.3 Å². The molecule has 0 aliphatic rings. The number of anilines is 2. The highest BCUT2D eigenvalue weighted by molar-refractivity contribution is 5.95. The van der Waals surface area contributed by atoms with Gasteiger partial charge in [-0.05, 0) is 53.3 Å². The summed E-state index contributed by atoms with van der Waals surface area (Å²) < 4.78 is 0. The van der Waals surface area contributed by atoms with Gasteiger partial charge >= 0.3 is 0 Å². The predicted molar refractivity (Wildman–Crippen MR) is 111 cm³/mol. The van der Waals surface area contributed by atoms with Gasteiger partial charge in [0.1, 0.15) is 0 Å². The maximum absolute atomic E-state index is 3.57. The zero-order valence-corrected chi connectivity index (χ0v) is 15.8. The summed E-state index contributed by atoms with van der Waals surface area (Å²) in [5.74, 6) is 0.705. The van der Waals surface area contributed by atoms with Gasteiger partial charge in [-0.1, -0.05) is 76.2 Å². The average Bonchev–Trinajstić information content (AvgIpc) is 2.55. The van der Waals surface area contributed by atoms with E-state index < -0.39 is 0 Å². The third-order valence-corrected chi connectivity index (χ3v) is 4.57. The number of fused-ring (bicyclic) bond motifs is 1. The molecule has 25 heavy (non-hydrogen) atoms. The summed E-state index contributed by atoms with van der Waals surface area (Å²) in [6.07, 6.45) is 2.40. The molecule has 1 heteroatoms. The van der Waals surface area contributed by atoms with Gasteiger partial charge < -0.3 is 5.32 Å². The van der Waals surface area contributed by atoms with Gasteiger partial charge in [0, 0.05) is 16.8 Å². The van der Waals surface area contributed by atoms with Crippen molar-refractivity contribution >= 4 is 22.1 Å². The number of hydrogen-bond donors (Lipinski definition) is 1. The maximum atomic E-state index is 3.57. The summed E-state index contributed by atoms with van der Waals surface area (Å²) >= 11 is 0. The van der Waals surface area contributed by atoms with Crippen LogP contribution in [0.1, 0.15) is 39.7 Å². The van der Waals surface area contributed by atoms with Gasteiger partial charge in [0.15, 0.2) is 0 Å². The third kappa shape index (κ3) is 4.85. The van der Waals surface area contributed by atoms with Crippen molar-refractivity contribution in [3.8, 4) is 0 Å². The Morgan fingerprint density at radius 1 is 0.840 bits per heavy atom. The molecule has 3 rings (SSSR count). The first kappa shape index (κ1) is 17.5. The average molecular weight is 332 g/mol. The van der Waals surface area contributed by atoms with Gasteiger partial charge in [-0.15, -0.1) is 0 Å². The SMILES string of the molecule is CC(Cc1ccc(Nc2cccc3ccccc23)cc1)CC(C)(C)C. The van der Waals surface area contributed by atoms with Crippen molar-refractivity contribution in [2.75, 3.05) is 5.32 Å². The van der Waals surface area contributed by atoms with E-state index in [0.29, 0.717) is 11.3 Å². The van der Waals surface area contributed by atoms with Gasteiger partial charge in [0.2, 0.25) is 0 Å². The normalized spacial score (nSPS) is 13.0. The summed E-state index contributed by atoms with van der Waals surface area (Å²) in [4.78, 5) is 0. The molecule has 0 aliphatic heterocycles. The molecule has 0 aliphatic carbocycles. The number of hydrogen-bond acceptors (Lipinski definition) is 1. The minimum absolute atomic E-state index is 0.398. The van der Waals surface area contributed by atoms with Crippen LogP contribution in [0.5, 0.6) is 0 Å². The summed E-state index contributed by atoms with van der Waals surface area (Å²) in [5, 5.41) is 6.09. The summed E-state index contributed by atoms with van der Waals surface area (Å²) in [6, 6.07) is 23.8. The smallest absolute Gasteiger partial charge is 0.0463 e. The first-order valence-electron chi connectivity index (χ1n) is 9.24. The van der Waals surface area contributed by atoms with E-state index in [0.717, 1.165) is 17.8 Å². The fourth-order valence-corrected chi connectivity index (χ4v) is 3.73. The Balaban J connectivity index is 1.70. The molecule has 1 nitrogen and oxygen atoms in total. The molecule has 0 saturated carbocycles. The Labute approximate surface area is 152 Å². The molecule has 3 aromatic rings. The van der Waals surface area contributed by atoms with Crippen molar-refractivity contribution in [3.63, 3.8) is 0 Å². The van der Waals surface area contributed by atoms with Crippen LogP contribution in [0.25, 0.3) is 10.8 Å². The van der Waals surface area contributed by atoms with Crippen LogP contribution >= 0.6 is 0 Å². The standard InChI is InChI=1S/C24H29N/c1-18(17-24(2,3)4)16-19-12-14-21(15-13-19)25-23-11-7-9-20-8-5-6-10-22(20)23/h5-15,18,25H,16-17H2,1-4H3. The van der Waals surface area contributed by atoms with Crippen LogP contribution in [0.15, 0.2) is 66.7 Å². The second-order valence-corrected chi connectivity index (χ2v) is 8.42. The van der Waals surface area contributed by atoms with E-state index in [1.165, 1.54) is 22.8 Å². The summed E-state index contributed by atoms with van der Waals surface area (Å²) in [6.45, 7) is 9.32. The maximum Gasteiger partial charge on any atom is 0.0463 e. The predicted octanol–water partition coefficient (Wildman–Crippen LogP) is 7.20. The molecule has 0 heterocycles. The second-order valence-electron chi connectivity index (χ2n) is 8.42. The van der Waals surface area contributed by atoms with Crippen molar-refractivity contribution in [1.29, 1.82) is 0 Å². The van der Waals surface area contributed by atoms with Crippen LogP contribution < -0.4 is 5.32 Å². The summed E-state index contributed by atoms with van der Waals surface area (Å²) in [7, 11) is 0. The lowest BCUT2D eigenvalue weighted by molar-refractivity contribution is 0.306. The van der Waals surface area contributed by atoms with E-state index in [1.54, 1.807) is 0 Å². The highest BCUT2D eigenvalue weighted by Gasteiger charge is 2.15. The van der Waals surface area contributed by atoms with E-state index in [1.807, 2.05) is 0 Å². The molecule has 3 aromatic carbocycles. The van der Waals surface area contributed by atoms with Crippen LogP contribution in [-0.2, 0) is 6.42 Å². The molecule has 0 amide bonds. The Bertz CT molecular complexity index is 819. The fraction of sp³-hybridized carbons (Fsp3) is 0.333. The molecule has 0 fully saturated rings. The molecule has 130 valence electrons. The van der Waals surface area contributed by atoms with Crippen molar-refractivity contribution in [1.82, 2.24) is 0 Å². The third-order valence-electron chi connectivity index (χ3n) is 4.57. The molecule has 0 saturated heterocycles. The fourth-order valence-electron chi connectivity index (χ4n) is 3.73. The van der Waals surface area contributed by atoms with Gasteiger partial charge in [-0.25, -0.2) is 0 Å². The number of benzene rings is 3. The lowest BCUT2D eigenvalue weighted by atomic mass is 9.83. The van der Waals surface area contributed by atoms with E-state index in [4.69, 9.17) is 0 Å². The zero-order valence-electron chi connectivity index (χ0n) is 15.8. The minimum Gasteiger partial charge on any atom is -0.355 e. The van der Waals surface area contributed by atoms with Crippen LogP contribution in [0.4, 0.5) is 11.4 Å². The lowest BCUT2D eigenvalue weighted by Crippen LogP contribution is -2.12. The molecule has 0 radical (unpaired) electrons. The first-order valence-corrected chi connectivity index (χ1v) is 9.24. The van der Waals surface area contributed by atoms with Gasteiger partial charge in [0.05, 0.1) is 0 Å². The van der Waals surface area contributed by atoms with Crippen LogP contribution in [0.2, 0.25) is 0 Å². The first-order chi connectivity index (χ1) is 11.9. The van der Waals surface area contributed by atoms with Crippen molar-refractivity contribution in [2.45, 2.75) is 40.5 Å². The van der Waals surface area contributed by atoms with Gasteiger partial charge in [-0.3, -0.25) is 0 Å². The molecule has 0 bridgehead atoms. The van der Waals surface area contributed by atoms with Gasteiger partial charge in [0.25, 0.3) is 0 Å². The Morgan fingerprint density at radius 3 is 2.24 bits per heavy atom. The van der Waals surface area contributed by atoms with Crippen molar-refractivity contribution in [2.24, 2.45) is 11.3 Å². The quantitative estimate of drug-likeness (QED) is 0.521. The molecule has 0 spiro atoms. The Hall–Kier alpha value is -2.28. The molecule has 0 aromatic heterocycles. The largest absolute Gasteiger partial charge is 0.355 e. The highest BCUT2D eigenvalue weighted by atomic mass is 14.9. The molecular formula is C24H29N. The number of rotatable bonds is 5.